The molecular formula is C14H19FN4. The number of hydrogen-bond donors (Lipinski definition) is 2. The molecule has 0 aliphatic rings. The molecule has 2 rings (SSSR count). The van der Waals surface area contributed by atoms with Crippen LogP contribution in [0.5, 0.6) is 0 Å². The van der Waals surface area contributed by atoms with Crippen LogP contribution in [-0.4, -0.2) is 9.78 Å². The van der Waals surface area contributed by atoms with Crippen LogP contribution < -0.4 is 11.3 Å². The molecule has 3 N–H and O–H groups in total. The molecule has 2 aromatic rings. The van der Waals surface area contributed by atoms with Gasteiger partial charge >= 0.3 is 0 Å². The van der Waals surface area contributed by atoms with E-state index < -0.39 is 0 Å². The van der Waals surface area contributed by atoms with Crippen LogP contribution in [0.25, 0.3) is 0 Å². The summed E-state index contributed by atoms with van der Waals surface area (Å²) >= 11 is 0. The summed E-state index contributed by atoms with van der Waals surface area (Å²) in [6, 6.07) is 6.34. The summed E-state index contributed by atoms with van der Waals surface area (Å²) in [5.74, 6) is 5.38. The van der Waals surface area contributed by atoms with E-state index in [1.54, 1.807) is 12.1 Å². The maximum absolute atomic E-state index is 12.9. The van der Waals surface area contributed by atoms with Gasteiger partial charge < -0.3 is 0 Å². The molecular weight excluding hydrogens is 243 g/mol. The number of aromatic nitrogens is 2. The fourth-order valence-corrected chi connectivity index (χ4v) is 2.29. The maximum atomic E-state index is 12.9. The average Bonchev–Trinajstić information content (AvgIpc) is 2.63. The summed E-state index contributed by atoms with van der Waals surface area (Å²) in [5, 5.41) is 4.39. The van der Waals surface area contributed by atoms with Gasteiger partial charge in [-0.3, -0.25) is 16.0 Å². The van der Waals surface area contributed by atoms with Crippen molar-refractivity contribution in [1.29, 1.82) is 0 Å². The standard InChI is InChI=1S/C14H19FN4/c1-9-13(10(2)19(3)18-9)8-14(17-16)11-4-6-12(15)7-5-11/h4-7,14,17H,8,16H2,1-3H3. The summed E-state index contributed by atoms with van der Waals surface area (Å²) in [4.78, 5) is 0. The molecule has 1 aromatic heterocycles. The zero-order chi connectivity index (χ0) is 14.0. The first-order valence-electron chi connectivity index (χ1n) is 6.23. The summed E-state index contributed by atoms with van der Waals surface area (Å²) in [7, 11) is 1.93. The van der Waals surface area contributed by atoms with E-state index >= 15 is 0 Å². The van der Waals surface area contributed by atoms with Gasteiger partial charge in [-0.15, -0.1) is 0 Å². The van der Waals surface area contributed by atoms with Gasteiger partial charge in [-0.1, -0.05) is 12.1 Å². The van der Waals surface area contributed by atoms with Crippen molar-refractivity contribution in [3.8, 4) is 0 Å². The Labute approximate surface area is 112 Å². The molecule has 0 spiro atoms. The molecule has 4 nitrogen and oxygen atoms in total. The van der Waals surface area contributed by atoms with Gasteiger partial charge in [-0.05, 0) is 43.5 Å². The molecule has 0 amide bonds. The van der Waals surface area contributed by atoms with Crippen LogP contribution >= 0.6 is 0 Å². The fraction of sp³-hybridized carbons (Fsp3) is 0.357. The third kappa shape index (κ3) is 2.83. The predicted molar refractivity (Wildman–Crippen MR) is 72.9 cm³/mol. The second-order valence-electron chi connectivity index (χ2n) is 4.75. The average molecular weight is 262 g/mol. The molecule has 0 bridgehead atoms. The third-order valence-corrected chi connectivity index (χ3v) is 3.54. The SMILES string of the molecule is Cc1nn(C)c(C)c1CC(NN)c1ccc(F)cc1. The zero-order valence-corrected chi connectivity index (χ0v) is 11.4. The molecule has 0 radical (unpaired) electrons. The van der Waals surface area contributed by atoms with Gasteiger partial charge in [0.05, 0.1) is 11.7 Å². The Morgan fingerprint density at radius 2 is 1.95 bits per heavy atom. The highest BCUT2D eigenvalue weighted by Gasteiger charge is 2.16. The topological polar surface area (TPSA) is 55.9 Å². The summed E-state index contributed by atoms with van der Waals surface area (Å²) < 4.78 is 14.8. The first-order chi connectivity index (χ1) is 9.02. The van der Waals surface area contributed by atoms with Crippen molar-refractivity contribution >= 4 is 0 Å². The van der Waals surface area contributed by atoms with Crippen molar-refractivity contribution in [1.82, 2.24) is 15.2 Å². The summed E-state index contributed by atoms with van der Waals surface area (Å²) in [6.07, 6.45) is 0.730. The lowest BCUT2D eigenvalue weighted by atomic mass is 9.98. The van der Waals surface area contributed by atoms with Crippen molar-refractivity contribution in [3.63, 3.8) is 0 Å². The van der Waals surface area contributed by atoms with Crippen molar-refractivity contribution < 1.29 is 4.39 Å². The molecule has 0 saturated carbocycles. The molecule has 102 valence electrons. The molecule has 1 aromatic carbocycles. The fourth-order valence-electron chi connectivity index (χ4n) is 2.29. The Kier molecular flexibility index (Phi) is 3.97. The van der Waals surface area contributed by atoms with Crippen LogP contribution in [0.15, 0.2) is 24.3 Å². The number of nitrogens with zero attached hydrogens (tertiary/aromatic N) is 2. The Balaban J connectivity index is 2.26. The highest BCUT2D eigenvalue weighted by molar-refractivity contribution is 5.29. The summed E-state index contributed by atoms with van der Waals surface area (Å²) in [5.41, 5.74) is 7.06. The van der Waals surface area contributed by atoms with Crippen molar-refractivity contribution in [2.24, 2.45) is 12.9 Å². The molecule has 19 heavy (non-hydrogen) atoms. The number of nitrogens with two attached hydrogens (primary N) is 1. The monoisotopic (exact) mass is 262 g/mol. The minimum atomic E-state index is -0.242. The molecule has 1 atom stereocenters. The normalized spacial score (nSPS) is 12.7. The molecule has 1 heterocycles. The maximum Gasteiger partial charge on any atom is 0.123 e. The Morgan fingerprint density at radius 1 is 1.32 bits per heavy atom. The minimum Gasteiger partial charge on any atom is -0.272 e. The largest absolute Gasteiger partial charge is 0.272 e. The van der Waals surface area contributed by atoms with E-state index in [1.807, 2.05) is 25.6 Å². The first kappa shape index (κ1) is 13.7. The van der Waals surface area contributed by atoms with Gasteiger partial charge in [-0.2, -0.15) is 5.10 Å². The number of halogens is 1. The van der Waals surface area contributed by atoms with Crippen LogP contribution in [0.1, 0.15) is 28.6 Å². The molecule has 0 aliphatic heterocycles. The van der Waals surface area contributed by atoms with E-state index in [2.05, 4.69) is 10.5 Å². The van der Waals surface area contributed by atoms with Gasteiger partial charge in [0, 0.05) is 12.7 Å². The predicted octanol–water partition coefficient (Wildman–Crippen LogP) is 1.92. The zero-order valence-electron chi connectivity index (χ0n) is 11.4. The van der Waals surface area contributed by atoms with Crippen LogP contribution in [0.2, 0.25) is 0 Å². The van der Waals surface area contributed by atoms with Gasteiger partial charge in [0.15, 0.2) is 0 Å². The van der Waals surface area contributed by atoms with E-state index in [0.717, 1.165) is 23.4 Å². The lowest BCUT2D eigenvalue weighted by Crippen LogP contribution is -2.29. The van der Waals surface area contributed by atoms with Crippen molar-refractivity contribution in [2.75, 3.05) is 0 Å². The number of hydrogen-bond acceptors (Lipinski definition) is 3. The number of rotatable bonds is 4. The van der Waals surface area contributed by atoms with E-state index in [-0.39, 0.29) is 11.9 Å². The molecule has 1 unspecified atom stereocenters. The number of aryl methyl sites for hydroxylation is 2. The van der Waals surface area contributed by atoms with Gasteiger partial charge in [0.25, 0.3) is 0 Å². The van der Waals surface area contributed by atoms with Crippen LogP contribution in [0.3, 0.4) is 0 Å². The number of benzene rings is 1. The quantitative estimate of drug-likeness (QED) is 0.654. The van der Waals surface area contributed by atoms with Crippen LogP contribution in [-0.2, 0) is 13.5 Å². The third-order valence-electron chi connectivity index (χ3n) is 3.54. The first-order valence-corrected chi connectivity index (χ1v) is 6.23. The molecule has 5 heteroatoms. The highest BCUT2D eigenvalue weighted by atomic mass is 19.1. The molecule has 0 fully saturated rings. The van der Waals surface area contributed by atoms with Crippen molar-refractivity contribution in [3.05, 3.63) is 52.6 Å². The lowest BCUT2D eigenvalue weighted by Gasteiger charge is -2.16. The van der Waals surface area contributed by atoms with Gasteiger partial charge in [0.2, 0.25) is 0 Å². The molecule has 0 saturated heterocycles. The van der Waals surface area contributed by atoms with E-state index in [0.29, 0.717) is 0 Å². The van der Waals surface area contributed by atoms with Gasteiger partial charge in [0.1, 0.15) is 5.82 Å². The Hall–Kier alpha value is -1.72. The second kappa shape index (κ2) is 5.50. The Morgan fingerprint density at radius 3 is 2.42 bits per heavy atom. The van der Waals surface area contributed by atoms with Crippen LogP contribution in [0.4, 0.5) is 4.39 Å². The highest BCUT2D eigenvalue weighted by Crippen LogP contribution is 2.22. The van der Waals surface area contributed by atoms with Crippen LogP contribution in [0, 0.1) is 19.7 Å². The van der Waals surface area contributed by atoms with E-state index in [9.17, 15) is 4.39 Å². The lowest BCUT2D eigenvalue weighted by molar-refractivity contribution is 0.546. The summed E-state index contributed by atoms with van der Waals surface area (Å²) in [6.45, 7) is 4.02. The Bertz CT molecular complexity index is 560. The van der Waals surface area contributed by atoms with Crippen molar-refractivity contribution in [2.45, 2.75) is 26.3 Å². The smallest absolute Gasteiger partial charge is 0.123 e. The number of hydrazine groups is 1. The van der Waals surface area contributed by atoms with E-state index in [1.165, 1.54) is 17.7 Å². The van der Waals surface area contributed by atoms with Gasteiger partial charge in [-0.25, -0.2) is 4.39 Å². The minimum absolute atomic E-state index is 0.0535. The van der Waals surface area contributed by atoms with E-state index in [4.69, 9.17) is 5.84 Å². The second-order valence-corrected chi connectivity index (χ2v) is 4.75. The molecule has 0 aliphatic carbocycles. The number of nitrogens with one attached hydrogen (secondary N) is 1.